The van der Waals surface area contributed by atoms with Crippen LogP contribution in [-0.4, -0.2) is 38.6 Å². The van der Waals surface area contributed by atoms with Crippen LogP contribution < -0.4 is 4.90 Å². The lowest BCUT2D eigenvalue weighted by Crippen LogP contribution is -2.42. The highest BCUT2D eigenvalue weighted by Crippen LogP contribution is 2.40. The topological polar surface area (TPSA) is 83.9 Å². The molecule has 23 heavy (non-hydrogen) atoms. The molecule has 1 heterocycles. The van der Waals surface area contributed by atoms with E-state index in [1.54, 1.807) is 13.0 Å². The minimum atomic E-state index is -4.32. The molecule has 1 aromatic rings. The number of ether oxygens (including phenoxy) is 1. The second kappa shape index (κ2) is 6.49. The number of nitrogens with zero attached hydrogens (tertiary/aromatic N) is 1. The fraction of sp³-hybridized carbons (Fsp3) is 0.562. The van der Waals surface area contributed by atoms with Gasteiger partial charge in [-0.3, -0.25) is 9.35 Å². The first kappa shape index (κ1) is 17.7. The average molecular weight is 341 g/mol. The first-order valence-corrected chi connectivity index (χ1v) is 9.08. The Hall–Kier alpha value is -1.60. The van der Waals surface area contributed by atoms with E-state index in [9.17, 15) is 17.8 Å². The molecule has 0 atom stereocenters. The molecule has 128 valence electrons. The minimum absolute atomic E-state index is 0.0560. The first-order chi connectivity index (χ1) is 10.6. The van der Waals surface area contributed by atoms with Crippen molar-refractivity contribution < 1.29 is 22.5 Å². The zero-order valence-electron chi connectivity index (χ0n) is 13.7. The number of carbonyl (C=O) groups is 1. The molecular formula is C16H23NO5S. The molecule has 0 aromatic heterocycles. The highest BCUT2D eigenvalue weighted by Gasteiger charge is 2.34. The van der Waals surface area contributed by atoms with Gasteiger partial charge in [0.1, 0.15) is 4.90 Å². The van der Waals surface area contributed by atoms with Crippen LogP contribution in [0.3, 0.4) is 0 Å². The Morgan fingerprint density at radius 2 is 2.09 bits per heavy atom. The summed E-state index contributed by atoms with van der Waals surface area (Å²) in [6.07, 6.45) is 0.880. The van der Waals surface area contributed by atoms with Crippen molar-refractivity contribution in [3.05, 3.63) is 23.8 Å². The predicted octanol–water partition coefficient (Wildman–Crippen LogP) is 2.28. The Balaban J connectivity index is 2.39. The van der Waals surface area contributed by atoms with Crippen LogP contribution in [0.1, 0.15) is 32.8 Å². The van der Waals surface area contributed by atoms with Gasteiger partial charge in [0, 0.05) is 13.1 Å². The van der Waals surface area contributed by atoms with Crippen molar-refractivity contribution in [2.45, 2.75) is 38.5 Å². The largest absolute Gasteiger partial charge is 0.466 e. The van der Waals surface area contributed by atoms with E-state index in [1.807, 2.05) is 11.0 Å². The van der Waals surface area contributed by atoms with Crippen molar-refractivity contribution in [1.29, 1.82) is 0 Å². The molecule has 1 aromatic carbocycles. The zero-order valence-corrected chi connectivity index (χ0v) is 14.5. The number of carbonyl (C=O) groups excluding carboxylic acids is 1. The monoisotopic (exact) mass is 341 g/mol. The van der Waals surface area contributed by atoms with E-state index in [-0.39, 0.29) is 22.7 Å². The van der Waals surface area contributed by atoms with Crippen LogP contribution >= 0.6 is 0 Å². The lowest BCUT2D eigenvalue weighted by molar-refractivity contribution is -0.142. The van der Waals surface area contributed by atoms with Gasteiger partial charge in [-0.2, -0.15) is 8.42 Å². The Kier molecular flexibility index (Phi) is 5.01. The Bertz CT molecular complexity index is 696. The number of fused-ring (bicyclic) bond motifs is 1. The van der Waals surface area contributed by atoms with Gasteiger partial charge >= 0.3 is 5.97 Å². The fourth-order valence-corrected chi connectivity index (χ4v) is 3.85. The number of rotatable bonds is 5. The normalized spacial score (nSPS) is 16.8. The molecule has 0 saturated carbocycles. The highest BCUT2D eigenvalue weighted by molar-refractivity contribution is 7.86. The van der Waals surface area contributed by atoms with E-state index in [4.69, 9.17) is 4.74 Å². The fourth-order valence-electron chi connectivity index (χ4n) is 3.09. The van der Waals surface area contributed by atoms with Gasteiger partial charge in [0.05, 0.1) is 18.7 Å². The molecule has 1 N–H and O–H groups in total. The molecule has 0 aliphatic carbocycles. The van der Waals surface area contributed by atoms with Crippen molar-refractivity contribution in [3.8, 4) is 0 Å². The molecule has 0 bridgehead atoms. The standard InChI is InChI=1S/C16H23NO5S/c1-4-22-14(18)8-9-17-11-16(2,3)10-12-6-5-7-13(15(12)17)23(19,20)21/h5-7H,4,8-11H2,1-3H3,(H,19,20,21). The minimum Gasteiger partial charge on any atom is -0.466 e. The summed E-state index contributed by atoms with van der Waals surface area (Å²) >= 11 is 0. The summed E-state index contributed by atoms with van der Waals surface area (Å²) in [6, 6.07) is 4.89. The third-order valence-electron chi connectivity index (χ3n) is 3.86. The second-order valence-corrected chi connectivity index (χ2v) is 7.95. The Morgan fingerprint density at radius 3 is 2.70 bits per heavy atom. The van der Waals surface area contributed by atoms with E-state index >= 15 is 0 Å². The van der Waals surface area contributed by atoms with Gasteiger partial charge in [-0.25, -0.2) is 0 Å². The van der Waals surface area contributed by atoms with Gasteiger partial charge in [0.15, 0.2) is 0 Å². The van der Waals surface area contributed by atoms with Gasteiger partial charge in [-0.1, -0.05) is 26.0 Å². The predicted molar refractivity (Wildman–Crippen MR) is 87.2 cm³/mol. The number of esters is 1. The zero-order chi connectivity index (χ0) is 17.3. The van der Waals surface area contributed by atoms with Crippen LogP contribution in [0.4, 0.5) is 5.69 Å². The molecule has 0 saturated heterocycles. The molecular weight excluding hydrogens is 318 g/mol. The lowest BCUT2D eigenvalue weighted by Gasteiger charge is -2.41. The molecule has 0 spiro atoms. The smallest absolute Gasteiger partial charge is 0.307 e. The molecule has 0 radical (unpaired) electrons. The van der Waals surface area contributed by atoms with Crippen molar-refractivity contribution in [2.24, 2.45) is 5.41 Å². The molecule has 2 rings (SSSR count). The molecule has 1 aliphatic heterocycles. The quantitative estimate of drug-likeness (QED) is 0.653. The summed E-state index contributed by atoms with van der Waals surface area (Å²) in [5.74, 6) is -0.318. The lowest BCUT2D eigenvalue weighted by atomic mass is 9.81. The van der Waals surface area contributed by atoms with E-state index in [1.165, 1.54) is 6.07 Å². The average Bonchev–Trinajstić information content (AvgIpc) is 2.42. The Morgan fingerprint density at radius 1 is 1.39 bits per heavy atom. The van der Waals surface area contributed by atoms with Crippen molar-refractivity contribution in [1.82, 2.24) is 0 Å². The second-order valence-electron chi connectivity index (χ2n) is 6.56. The molecule has 1 aliphatic rings. The maximum absolute atomic E-state index is 11.7. The molecule has 0 fully saturated rings. The summed E-state index contributed by atoms with van der Waals surface area (Å²) < 4.78 is 37.8. The van der Waals surface area contributed by atoms with E-state index in [0.717, 1.165) is 5.56 Å². The van der Waals surface area contributed by atoms with Gasteiger partial charge in [0.2, 0.25) is 0 Å². The van der Waals surface area contributed by atoms with E-state index in [2.05, 4.69) is 13.8 Å². The number of hydrogen-bond donors (Lipinski definition) is 1. The maximum Gasteiger partial charge on any atom is 0.307 e. The summed E-state index contributed by atoms with van der Waals surface area (Å²) in [5.41, 5.74) is 1.30. The van der Waals surface area contributed by atoms with Gasteiger partial charge in [-0.15, -0.1) is 0 Å². The first-order valence-electron chi connectivity index (χ1n) is 7.64. The van der Waals surface area contributed by atoms with Crippen molar-refractivity contribution in [2.75, 3.05) is 24.6 Å². The summed E-state index contributed by atoms with van der Waals surface area (Å²) in [5, 5.41) is 0. The summed E-state index contributed by atoms with van der Waals surface area (Å²) in [4.78, 5) is 13.4. The SMILES string of the molecule is CCOC(=O)CCN1CC(C)(C)Cc2cccc(S(=O)(=O)O)c21. The van der Waals surface area contributed by atoms with Crippen LogP contribution in [-0.2, 0) is 26.1 Å². The maximum atomic E-state index is 11.7. The van der Waals surface area contributed by atoms with E-state index in [0.29, 0.717) is 31.8 Å². The Labute approximate surface area is 137 Å². The van der Waals surface area contributed by atoms with E-state index < -0.39 is 10.1 Å². The number of hydrogen-bond acceptors (Lipinski definition) is 5. The van der Waals surface area contributed by atoms with Crippen LogP contribution in [0.15, 0.2) is 23.1 Å². The van der Waals surface area contributed by atoms with Crippen LogP contribution in [0.5, 0.6) is 0 Å². The molecule has 7 heteroatoms. The number of para-hydroxylation sites is 1. The van der Waals surface area contributed by atoms with Crippen LogP contribution in [0, 0.1) is 5.41 Å². The van der Waals surface area contributed by atoms with Gasteiger partial charge in [0.25, 0.3) is 10.1 Å². The third-order valence-corrected chi connectivity index (χ3v) is 4.74. The van der Waals surface area contributed by atoms with Crippen LogP contribution in [0.25, 0.3) is 0 Å². The summed E-state index contributed by atoms with van der Waals surface area (Å²) in [6.45, 7) is 7.19. The molecule has 6 nitrogen and oxygen atoms in total. The van der Waals surface area contributed by atoms with Crippen molar-refractivity contribution >= 4 is 21.8 Å². The van der Waals surface area contributed by atoms with Gasteiger partial charge < -0.3 is 9.64 Å². The van der Waals surface area contributed by atoms with Crippen molar-refractivity contribution in [3.63, 3.8) is 0 Å². The summed E-state index contributed by atoms with van der Waals surface area (Å²) in [7, 11) is -4.32. The third kappa shape index (κ3) is 4.23. The molecule has 0 unspecified atom stereocenters. The van der Waals surface area contributed by atoms with Crippen LogP contribution in [0.2, 0.25) is 0 Å². The highest BCUT2D eigenvalue weighted by atomic mass is 32.2. The molecule has 0 amide bonds. The number of benzene rings is 1. The van der Waals surface area contributed by atoms with Gasteiger partial charge in [-0.05, 0) is 30.4 Å². The number of anilines is 1.